The maximum Gasteiger partial charge on any atom is 0.230 e. The predicted octanol–water partition coefficient (Wildman–Crippen LogP) is 3.00. The van der Waals surface area contributed by atoms with E-state index >= 15 is 0 Å². The number of rotatable bonds is 6. The molecule has 1 aromatic heterocycles. The number of nitrogens with one attached hydrogen (secondary N) is 1. The number of hydrogen-bond donors (Lipinski definition) is 1. The molecule has 1 aromatic carbocycles. The van der Waals surface area contributed by atoms with Crippen molar-refractivity contribution in [3.63, 3.8) is 0 Å². The molecule has 2 aromatic rings. The van der Waals surface area contributed by atoms with Crippen LogP contribution in [0.1, 0.15) is 38.2 Å². The Bertz CT molecular complexity index is 774. The zero-order chi connectivity index (χ0) is 18.1. The van der Waals surface area contributed by atoms with E-state index in [1.165, 1.54) is 43.0 Å². The van der Waals surface area contributed by atoms with Crippen molar-refractivity contribution in [2.45, 2.75) is 50.7 Å². The molecule has 2 aliphatic rings. The first kappa shape index (κ1) is 17.5. The van der Waals surface area contributed by atoms with Gasteiger partial charge in [-0.1, -0.05) is 35.9 Å². The largest absolute Gasteiger partial charge is 0.353 e. The molecule has 2 bridgehead atoms. The number of hydrogen-bond acceptors (Lipinski definition) is 5. The minimum atomic E-state index is 0.0590. The highest BCUT2D eigenvalue weighted by molar-refractivity contribution is 7.99. The summed E-state index contributed by atoms with van der Waals surface area (Å²) in [4.78, 5) is 12.4. The van der Waals surface area contributed by atoms with Gasteiger partial charge >= 0.3 is 0 Å². The maximum absolute atomic E-state index is 12.4. The van der Waals surface area contributed by atoms with Gasteiger partial charge in [-0.3, -0.25) is 4.79 Å². The summed E-state index contributed by atoms with van der Waals surface area (Å²) in [6.45, 7) is 4.20. The molecule has 7 heteroatoms. The minimum absolute atomic E-state index is 0.0590. The molecule has 1 amide bonds. The van der Waals surface area contributed by atoms with E-state index in [4.69, 9.17) is 0 Å². The first-order valence-electron chi connectivity index (χ1n) is 9.37. The lowest BCUT2D eigenvalue weighted by Crippen LogP contribution is -2.40. The van der Waals surface area contributed by atoms with E-state index in [0.717, 1.165) is 17.5 Å². The van der Waals surface area contributed by atoms with Crippen molar-refractivity contribution in [3.05, 3.63) is 29.8 Å². The average molecular weight is 372 g/mol. The summed E-state index contributed by atoms with van der Waals surface area (Å²) >= 11 is 1.38. The van der Waals surface area contributed by atoms with Crippen molar-refractivity contribution in [3.8, 4) is 5.69 Å². The zero-order valence-electron chi connectivity index (χ0n) is 15.3. The number of fused-ring (bicyclic) bond motifs is 2. The number of tetrazole rings is 1. The fraction of sp³-hybridized carbons (Fsp3) is 0.579. The van der Waals surface area contributed by atoms with Gasteiger partial charge in [-0.2, -0.15) is 4.68 Å². The van der Waals surface area contributed by atoms with Crippen LogP contribution >= 0.6 is 11.8 Å². The van der Waals surface area contributed by atoms with Gasteiger partial charge in [-0.15, -0.1) is 5.10 Å². The van der Waals surface area contributed by atoms with Crippen molar-refractivity contribution in [1.82, 2.24) is 25.5 Å². The van der Waals surface area contributed by atoms with Crippen LogP contribution in [0.2, 0.25) is 0 Å². The third-order valence-corrected chi connectivity index (χ3v) is 6.79. The fourth-order valence-corrected chi connectivity index (χ4v) is 5.26. The van der Waals surface area contributed by atoms with Crippen LogP contribution in [0.3, 0.4) is 0 Å². The summed E-state index contributed by atoms with van der Waals surface area (Å²) in [5, 5.41) is 15.7. The summed E-state index contributed by atoms with van der Waals surface area (Å²) < 4.78 is 1.68. The van der Waals surface area contributed by atoms with Crippen molar-refractivity contribution >= 4 is 17.7 Å². The highest BCUT2D eigenvalue weighted by Gasteiger charge is 2.42. The molecule has 6 nitrogen and oxygen atoms in total. The van der Waals surface area contributed by atoms with E-state index < -0.39 is 0 Å². The molecule has 1 heterocycles. The monoisotopic (exact) mass is 371 g/mol. The van der Waals surface area contributed by atoms with Gasteiger partial charge in [0, 0.05) is 6.04 Å². The van der Waals surface area contributed by atoms with Crippen molar-refractivity contribution < 1.29 is 4.79 Å². The van der Waals surface area contributed by atoms with Crippen LogP contribution < -0.4 is 5.32 Å². The fourth-order valence-electron chi connectivity index (χ4n) is 4.56. The van der Waals surface area contributed by atoms with Gasteiger partial charge in [0.2, 0.25) is 11.1 Å². The van der Waals surface area contributed by atoms with E-state index in [1.54, 1.807) is 4.68 Å². The number of thioether (sulfide) groups is 1. The normalized spacial score (nSPS) is 25.4. The second-order valence-corrected chi connectivity index (χ2v) is 8.63. The number of aromatic nitrogens is 4. The average Bonchev–Trinajstić information content (AvgIpc) is 3.37. The van der Waals surface area contributed by atoms with Gasteiger partial charge in [-0.05, 0) is 73.4 Å². The summed E-state index contributed by atoms with van der Waals surface area (Å²) in [5.74, 6) is 2.76. The van der Waals surface area contributed by atoms with Crippen LogP contribution in [-0.4, -0.2) is 37.9 Å². The first-order chi connectivity index (χ1) is 12.6. The van der Waals surface area contributed by atoms with Crippen LogP contribution in [0.4, 0.5) is 0 Å². The highest BCUT2D eigenvalue weighted by Crippen LogP contribution is 2.49. The second kappa shape index (κ2) is 7.39. The topological polar surface area (TPSA) is 72.7 Å². The van der Waals surface area contributed by atoms with Gasteiger partial charge in [0.15, 0.2) is 0 Å². The Balaban J connectivity index is 1.32. The minimum Gasteiger partial charge on any atom is -0.353 e. The van der Waals surface area contributed by atoms with E-state index in [-0.39, 0.29) is 11.9 Å². The summed E-state index contributed by atoms with van der Waals surface area (Å²) in [6, 6.07) is 8.26. The molecular formula is C19H25N5OS. The van der Waals surface area contributed by atoms with E-state index in [1.807, 2.05) is 31.2 Å². The number of nitrogens with zero attached hydrogens (tertiary/aromatic N) is 4. The smallest absolute Gasteiger partial charge is 0.230 e. The molecule has 0 spiro atoms. The standard InChI is InChI=1S/C19H25N5OS/c1-12-3-7-16(8-4-12)24-19(21-22-23-24)26-11-18(25)20-13(2)17-10-14-5-6-15(17)9-14/h3-4,7-8,13-15,17H,5-6,9-11H2,1-2H3,(H,20,25). The zero-order valence-corrected chi connectivity index (χ0v) is 16.1. The first-order valence-corrected chi connectivity index (χ1v) is 10.4. The van der Waals surface area contributed by atoms with E-state index in [2.05, 4.69) is 27.8 Å². The summed E-state index contributed by atoms with van der Waals surface area (Å²) in [6.07, 6.45) is 5.38. The maximum atomic E-state index is 12.4. The third kappa shape index (κ3) is 3.63. The molecule has 138 valence electrons. The lowest BCUT2D eigenvalue weighted by atomic mass is 9.84. The van der Waals surface area contributed by atoms with Crippen molar-refractivity contribution in [2.24, 2.45) is 17.8 Å². The summed E-state index contributed by atoms with van der Waals surface area (Å²) in [7, 11) is 0. The SMILES string of the molecule is Cc1ccc(-n2nnnc2SCC(=O)NC(C)C2CC3CCC2C3)cc1. The van der Waals surface area contributed by atoms with Crippen molar-refractivity contribution in [2.75, 3.05) is 5.75 Å². The van der Waals surface area contributed by atoms with Crippen LogP contribution in [0.15, 0.2) is 29.4 Å². The Hall–Kier alpha value is -1.89. The van der Waals surface area contributed by atoms with E-state index in [0.29, 0.717) is 16.8 Å². The van der Waals surface area contributed by atoms with Crippen molar-refractivity contribution in [1.29, 1.82) is 0 Å². The van der Waals surface area contributed by atoms with Crippen LogP contribution in [0.5, 0.6) is 0 Å². The van der Waals surface area contributed by atoms with Gasteiger partial charge in [-0.25, -0.2) is 0 Å². The quantitative estimate of drug-likeness (QED) is 0.790. The Morgan fingerprint density at radius 3 is 2.81 bits per heavy atom. The van der Waals surface area contributed by atoms with E-state index in [9.17, 15) is 4.79 Å². The molecule has 2 fully saturated rings. The second-order valence-electron chi connectivity index (χ2n) is 7.69. The molecule has 4 unspecified atom stereocenters. The van der Waals surface area contributed by atoms with Gasteiger partial charge in [0.05, 0.1) is 11.4 Å². The number of amides is 1. The Morgan fingerprint density at radius 2 is 2.12 bits per heavy atom. The number of carbonyl (C=O) groups is 1. The molecule has 4 atom stereocenters. The lowest BCUT2D eigenvalue weighted by molar-refractivity contribution is -0.119. The van der Waals surface area contributed by atoms with Crippen LogP contribution in [-0.2, 0) is 4.79 Å². The molecule has 2 aliphatic carbocycles. The Labute approximate surface area is 158 Å². The molecule has 0 aliphatic heterocycles. The Kier molecular flexibility index (Phi) is 4.98. The van der Waals surface area contributed by atoms with Gasteiger partial charge in [0.25, 0.3) is 0 Å². The highest BCUT2D eigenvalue weighted by atomic mass is 32.2. The van der Waals surface area contributed by atoms with Crippen LogP contribution in [0, 0.1) is 24.7 Å². The summed E-state index contributed by atoms with van der Waals surface area (Å²) in [5.41, 5.74) is 2.09. The molecular weight excluding hydrogens is 346 g/mol. The van der Waals surface area contributed by atoms with Crippen LogP contribution in [0.25, 0.3) is 5.69 Å². The molecule has 0 saturated heterocycles. The molecule has 2 saturated carbocycles. The molecule has 26 heavy (non-hydrogen) atoms. The molecule has 0 radical (unpaired) electrons. The predicted molar refractivity (Wildman–Crippen MR) is 101 cm³/mol. The third-order valence-electron chi connectivity index (χ3n) is 5.88. The lowest BCUT2D eigenvalue weighted by Gasteiger charge is -2.28. The molecule has 4 rings (SSSR count). The Morgan fingerprint density at radius 1 is 1.31 bits per heavy atom. The number of aryl methyl sites for hydroxylation is 1. The van der Waals surface area contributed by atoms with Gasteiger partial charge < -0.3 is 5.32 Å². The number of benzene rings is 1. The number of carbonyl (C=O) groups excluding carboxylic acids is 1. The van der Waals surface area contributed by atoms with Gasteiger partial charge in [0.1, 0.15) is 0 Å². The molecule has 1 N–H and O–H groups in total.